The third kappa shape index (κ3) is 7.72. The van der Waals surface area contributed by atoms with Gasteiger partial charge in [-0.15, -0.1) is 11.3 Å². The molecule has 15 heteroatoms. The number of thiazole rings is 1. The van der Waals surface area contributed by atoms with Crippen molar-refractivity contribution in [2.45, 2.75) is 114 Å². The number of fused-ring (bicyclic) bond motifs is 3. The van der Waals surface area contributed by atoms with Crippen LogP contribution in [0.1, 0.15) is 89.3 Å². The predicted molar refractivity (Wildman–Crippen MR) is 205 cm³/mol. The number of hydrogen-bond donors (Lipinski definition) is 2. The van der Waals surface area contributed by atoms with E-state index in [1.54, 1.807) is 14.0 Å². The molecule has 2 aromatic heterocycles. The maximum absolute atomic E-state index is 14.3. The summed E-state index contributed by atoms with van der Waals surface area (Å²) >= 11 is 1.50. The lowest BCUT2D eigenvalue weighted by Crippen LogP contribution is -2.57. The Morgan fingerprint density at radius 3 is 2.67 bits per heavy atom. The van der Waals surface area contributed by atoms with Crippen LogP contribution in [0, 0.1) is 12.8 Å². The van der Waals surface area contributed by atoms with E-state index in [-0.39, 0.29) is 37.1 Å². The minimum Gasteiger partial charge on any atom is -0.496 e. The molecule has 3 aromatic rings. The van der Waals surface area contributed by atoms with Crippen LogP contribution in [0.5, 0.6) is 11.5 Å². The highest BCUT2D eigenvalue weighted by Crippen LogP contribution is 2.46. The van der Waals surface area contributed by atoms with E-state index < -0.39 is 50.9 Å². The van der Waals surface area contributed by atoms with Gasteiger partial charge in [-0.3, -0.25) is 19.1 Å². The number of rotatable bonds is 8. The standard InChI is InChI=1S/C39H49N5O8S2/c1-22(2)30-21-53-36(41-30)29-18-33(28-14-15-32(50-5)23(3)34(28)40-29)52-26-17-31-35(45)42-39(38(47)43-54(48,49)27-12-13-27)19-25(39)11-9-7-6-8-10-16-51-24(4)37(46)44(31)20-26/h9,11,14-15,18,21-22,24-27,31H,6-8,10,12-13,16-17,19-20H2,1-5H3,(H,42,45)(H,43,47)/b11-9-/t24-,25-,26-,31+,39-/m1/s1. The molecule has 2 saturated carbocycles. The Hall–Kier alpha value is -4.08. The second kappa shape index (κ2) is 15.2. The van der Waals surface area contributed by atoms with Gasteiger partial charge >= 0.3 is 0 Å². The maximum Gasteiger partial charge on any atom is 0.259 e. The first-order valence-electron chi connectivity index (χ1n) is 18.9. The lowest BCUT2D eigenvalue weighted by atomic mass is 10.1. The zero-order valence-corrected chi connectivity index (χ0v) is 33.1. The predicted octanol–water partition coefficient (Wildman–Crippen LogP) is 5.17. The second-order valence-electron chi connectivity index (χ2n) is 15.2. The van der Waals surface area contributed by atoms with E-state index in [4.69, 9.17) is 24.2 Å². The number of sulfonamides is 1. The Bertz CT molecular complexity index is 2080. The van der Waals surface area contributed by atoms with Crippen LogP contribution < -0.4 is 19.5 Å². The molecule has 5 atom stereocenters. The number of nitrogens with one attached hydrogen (secondary N) is 2. The van der Waals surface area contributed by atoms with Crippen LogP contribution in [0.3, 0.4) is 0 Å². The molecular formula is C39H49N5O8S2. The van der Waals surface area contributed by atoms with Crippen molar-refractivity contribution in [3.05, 3.63) is 47.0 Å². The zero-order valence-electron chi connectivity index (χ0n) is 31.4. The molecule has 54 heavy (non-hydrogen) atoms. The topological polar surface area (TPSA) is 166 Å². The Labute approximate surface area is 320 Å². The van der Waals surface area contributed by atoms with Gasteiger partial charge in [-0.05, 0) is 70.4 Å². The molecule has 0 spiro atoms. The van der Waals surface area contributed by atoms with E-state index in [1.165, 1.54) is 16.2 Å². The molecule has 1 saturated heterocycles. The number of nitrogens with zero attached hydrogens (tertiary/aromatic N) is 3. The van der Waals surface area contributed by atoms with Crippen molar-refractivity contribution in [3.63, 3.8) is 0 Å². The average molecular weight is 780 g/mol. The van der Waals surface area contributed by atoms with Crippen LogP contribution in [0.25, 0.3) is 21.6 Å². The molecule has 4 heterocycles. The molecule has 2 aliphatic carbocycles. The van der Waals surface area contributed by atoms with Crippen LogP contribution in [0.2, 0.25) is 0 Å². The highest BCUT2D eigenvalue weighted by molar-refractivity contribution is 7.91. The largest absolute Gasteiger partial charge is 0.496 e. The number of hydrogen-bond acceptors (Lipinski definition) is 11. The van der Waals surface area contributed by atoms with Gasteiger partial charge in [0.25, 0.3) is 11.8 Å². The lowest BCUT2D eigenvalue weighted by Gasteiger charge is -2.28. The van der Waals surface area contributed by atoms with Crippen molar-refractivity contribution in [2.75, 3.05) is 20.3 Å². The van der Waals surface area contributed by atoms with Gasteiger partial charge in [0.05, 0.1) is 30.1 Å². The number of methoxy groups -OCH3 is 1. The summed E-state index contributed by atoms with van der Waals surface area (Å²) in [5, 5.41) is 5.83. The second-order valence-corrected chi connectivity index (χ2v) is 18.1. The zero-order chi connectivity index (χ0) is 38.4. The van der Waals surface area contributed by atoms with Crippen molar-refractivity contribution in [1.82, 2.24) is 24.9 Å². The minimum atomic E-state index is -3.86. The number of pyridine rings is 1. The van der Waals surface area contributed by atoms with Crippen LogP contribution >= 0.6 is 11.3 Å². The van der Waals surface area contributed by atoms with Crippen molar-refractivity contribution in [2.24, 2.45) is 5.92 Å². The van der Waals surface area contributed by atoms with Crippen molar-refractivity contribution >= 4 is 50.0 Å². The van der Waals surface area contributed by atoms with E-state index in [2.05, 4.69) is 23.9 Å². The SMILES string of the molecule is COc1ccc2c(O[C@@H]3C[C@H]4C(=O)N[C@]5(C(=O)NS(=O)(=O)C6CC6)C[C@H]5/C=C\CCCCCO[C@H](C)C(=O)N4C3)cc(-c3nc(C(C)C)cs3)nc2c1C. The summed E-state index contributed by atoms with van der Waals surface area (Å²) in [6.07, 6.45) is 7.17. The summed E-state index contributed by atoms with van der Waals surface area (Å²) < 4.78 is 46.2. The molecule has 290 valence electrons. The molecule has 4 aliphatic rings. The number of carbonyl (C=O) groups excluding carboxylic acids is 3. The number of carbonyl (C=O) groups is 3. The number of aryl methyl sites for hydroxylation is 1. The molecule has 0 bridgehead atoms. The van der Waals surface area contributed by atoms with E-state index in [0.717, 1.165) is 47.3 Å². The van der Waals surface area contributed by atoms with Gasteiger partial charge in [-0.2, -0.15) is 0 Å². The third-order valence-corrected chi connectivity index (χ3v) is 13.6. The summed E-state index contributed by atoms with van der Waals surface area (Å²) in [5.41, 5.74) is 1.66. The van der Waals surface area contributed by atoms with E-state index in [0.29, 0.717) is 42.2 Å². The Morgan fingerprint density at radius 1 is 1.15 bits per heavy atom. The van der Waals surface area contributed by atoms with Crippen molar-refractivity contribution in [3.8, 4) is 22.2 Å². The quantitative estimate of drug-likeness (QED) is 0.292. The third-order valence-electron chi connectivity index (χ3n) is 10.9. The summed E-state index contributed by atoms with van der Waals surface area (Å²) in [6, 6.07) is 4.60. The van der Waals surface area contributed by atoms with Gasteiger partial charge in [0.15, 0.2) is 0 Å². The summed E-state index contributed by atoms with van der Waals surface area (Å²) in [4.78, 5) is 53.4. The minimum absolute atomic E-state index is 0.0895. The van der Waals surface area contributed by atoms with Gasteiger partial charge in [-0.1, -0.05) is 32.4 Å². The normalized spacial score (nSPS) is 27.3. The molecule has 2 aliphatic heterocycles. The fourth-order valence-corrected chi connectivity index (χ4v) is 9.67. The molecule has 2 N–H and O–H groups in total. The molecule has 1 aromatic carbocycles. The molecule has 7 rings (SSSR count). The highest BCUT2D eigenvalue weighted by atomic mass is 32.2. The van der Waals surface area contributed by atoms with E-state index in [9.17, 15) is 22.8 Å². The first-order chi connectivity index (χ1) is 25.8. The van der Waals surface area contributed by atoms with Gasteiger partial charge in [-0.25, -0.2) is 18.4 Å². The Kier molecular flexibility index (Phi) is 10.8. The number of benzene rings is 1. The molecule has 3 amide bonds. The van der Waals surface area contributed by atoms with Gasteiger partial charge in [0.1, 0.15) is 46.0 Å². The first-order valence-corrected chi connectivity index (χ1v) is 21.3. The van der Waals surface area contributed by atoms with Crippen molar-refractivity contribution in [1.29, 1.82) is 0 Å². The summed E-state index contributed by atoms with van der Waals surface area (Å²) in [7, 11) is -2.25. The van der Waals surface area contributed by atoms with Crippen LogP contribution in [0.4, 0.5) is 0 Å². The number of ether oxygens (including phenoxy) is 3. The van der Waals surface area contributed by atoms with E-state index in [1.807, 2.05) is 42.7 Å². The monoisotopic (exact) mass is 779 g/mol. The number of amides is 3. The smallest absolute Gasteiger partial charge is 0.259 e. The molecule has 0 unspecified atom stereocenters. The summed E-state index contributed by atoms with van der Waals surface area (Å²) in [6.45, 7) is 8.29. The molecule has 13 nitrogen and oxygen atoms in total. The number of aromatic nitrogens is 2. The van der Waals surface area contributed by atoms with Crippen LogP contribution in [0.15, 0.2) is 35.7 Å². The van der Waals surface area contributed by atoms with Gasteiger partial charge in [0, 0.05) is 41.3 Å². The molecule has 0 radical (unpaired) electrons. The Balaban J connectivity index is 1.21. The Morgan fingerprint density at radius 2 is 1.94 bits per heavy atom. The van der Waals surface area contributed by atoms with Crippen LogP contribution in [-0.2, 0) is 29.1 Å². The fourth-order valence-electron chi connectivity index (χ4n) is 7.36. The van der Waals surface area contributed by atoms with Gasteiger partial charge in [0.2, 0.25) is 15.9 Å². The maximum atomic E-state index is 14.3. The highest BCUT2D eigenvalue weighted by Gasteiger charge is 2.62. The van der Waals surface area contributed by atoms with Crippen LogP contribution in [-0.4, -0.2) is 90.3 Å². The fraction of sp³-hybridized carbons (Fsp3) is 0.564. The van der Waals surface area contributed by atoms with Gasteiger partial charge < -0.3 is 24.4 Å². The summed E-state index contributed by atoms with van der Waals surface area (Å²) in [5.74, 6) is -0.595. The average Bonchev–Trinajstić information content (AvgIpc) is 4.01. The molecular weight excluding hydrogens is 731 g/mol. The first kappa shape index (κ1) is 38.2. The van der Waals surface area contributed by atoms with Crippen molar-refractivity contribution < 1.29 is 37.0 Å². The number of allylic oxidation sites excluding steroid dienone is 1. The lowest BCUT2D eigenvalue weighted by molar-refractivity contribution is -0.147. The molecule has 3 fully saturated rings. The van der Waals surface area contributed by atoms with E-state index >= 15 is 0 Å².